The van der Waals surface area contributed by atoms with Crippen molar-refractivity contribution in [3.05, 3.63) is 29.3 Å². The first-order chi connectivity index (χ1) is 8.21. The first kappa shape index (κ1) is 12.5. The van der Waals surface area contributed by atoms with Gasteiger partial charge in [0.25, 0.3) is 0 Å². The van der Waals surface area contributed by atoms with Gasteiger partial charge < -0.3 is 10.6 Å². The highest BCUT2D eigenvalue weighted by molar-refractivity contribution is 5.80. The van der Waals surface area contributed by atoms with Gasteiger partial charge in [-0.2, -0.15) is 10.5 Å². The summed E-state index contributed by atoms with van der Waals surface area (Å²) in [5.74, 6) is -0.115. The van der Waals surface area contributed by atoms with E-state index >= 15 is 0 Å². The molecular weight excluding hydrogens is 216 g/mol. The van der Waals surface area contributed by atoms with Gasteiger partial charge in [-0.25, -0.2) is 0 Å². The lowest BCUT2D eigenvalue weighted by Crippen LogP contribution is -2.29. The van der Waals surface area contributed by atoms with Crippen LogP contribution in [0.4, 0.5) is 5.69 Å². The molecule has 5 heteroatoms. The molecule has 0 bridgehead atoms. The highest BCUT2D eigenvalue weighted by Gasteiger charge is 2.04. The van der Waals surface area contributed by atoms with Crippen molar-refractivity contribution in [3.8, 4) is 12.1 Å². The molecular formula is C12H12N4O. The molecule has 0 aliphatic heterocycles. The van der Waals surface area contributed by atoms with Crippen molar-refractivity contribution in [1.82, 2.24) is 5.32 Å². The molecule has 1 rings (SSSR count). The van der Waals surface area contributed by atoms with Crippen molar-refractivity contribution < 1.29 is 4.79 Å². The number of nitrogens with zero attached hydrogens (tertiary/aromatic N) is 2. The van der Waals surface area contributed by atoms with Crippen molar-refractivity contribution in [2.24, 2.45) is 0 Å². The Bertz CT molecular complexity index is 496. The summed E-state index contributed by atoms with van der Waals surface area (Å²) in [6, 6.07) is 8.64. The number of anilines is 1. The summed E-state index contributed by atoms with van der Waals surface area (Å²) in [6.07, 6.45) is 0. The van der Waals surface area contributed by atoms with Gasteiger partial charge >= 0.3 is 0 Å². The summed E-state index contributed by atoms with van der Waals surface area (Å²) >= 11 is 0. The van der Waals surface area contributed by atoms with Gasteiger partial charge in [0, 0.05) is 12.2 Å². The second kappa shape index (κ2) is 6.14. The second-order valence-electron chi connectivity index (χ2n) is 3.29. The lowest BCUT2D eigenvalue weighted by atomic mass is 10.1. The summed E-state index contributed by atoms with van der Waals surface area (Å²) in [5, 5.41) is 23.1. The average molecular weight is 228 g/mol. The average Bonchev–Trinajstić information content (AvgIpc) is 2.36. The van der Waals surface area contributed by atoms with Crippen LogP contribution >= 0.6 is 0 Å². The molecule has 0 radical (unpaired) electrons. The molecule has 0 saturated heterocycles. The molecule has 0 aliphatic rings. The van der Waals surface area contributed by atoms with Crippen molar-refractivity contribution in [3.63, 3.8) is 0 Å². The third kappa shape index (κ3) is 3.51. The molecule has 0 spiro atoms. The monoisotopic (exact) mass is 228 g/mol. The lowest BCUT2D eigenvalue weighted by Gasteiger charge is -2.06. The number of carbonyl (C=O) groups is 1. The molecule has 5 nitrogen and oxygen atoms in total. The van der Waals surface area contributed by atoms with Crippen LogP contribution in [0.1, 0.15) is 18.1 Å². The van der Waals surface area contributed by atoms with Crippen LogP contribution in [0.2, 0.25) is 0 Å². The Labute approximate surface area is 99.7 Å². The normalized spacial score (nSPS) is 8.88. The molecule has 17 heavy (non-hydrogen) atoms. The first-order valence-electron chi connectivity index (χ1n) is 5.16. The minimum absolute atomic E-state index is 0.115. The second-order valence-corrected chi connectivity index (χ2v) is 3.29. The van der Waals surface area contributed by atoms with E-state index < -0.39 is 0 Å². The van der Waals surface area contributed by atoms with E-state index in [2.05, 4.69) is 10.6 Å². The van der Waals surface area contributed by atoms with E-state index in [4.69, 9.17) is 10.5 Å². The van der Waals surface area contributed by atoms with Gasteiger partial charge in [0.2, 0.25) is 5.91 Å². The molecule has 0 fully saturated rings. The standard InChI is InChI=1S/C12H12N4O/c1-2-15-12(17)8-16-11-4-3-9(6-13)10(5-11)7-14/h3-5,16H,2,8H2,1H3,(H,15,17). The van der Waals surface area contributed by atoms with Crippen molar-refractivity contribution in [2.75, 3.05) is 18.4 Å². The fourth-order valence-electron chi connectivity index (χ4n) is 1.29. The van der Waals surface area contributed by atoms with Crippen LogP contribution in [0.15, 0.2) is 18.2 Å². The van der Waals surface area contributed by atoms with E-state index in [1.54, 1.807) is 18.2 Å². The fraction of sp³-hybridized carbons (Fsp3) is 0.250. The number of benzene rings is 1. The number of carbonyl (C=O) groups excluding carboxylic acids is 1. The number of hydrogen-bond donors (Lipinski definition) is 2. The van der Waals surface area contributed by atoms with Crippen LogP contribution in [-0.2, 0) is 4.79 Å². The molecule has 0 unspecified atom stereocenters. The smallest absolute Gasteiger partial charge is 0.239 e. The van der Waals surface area contributed by atoms with Gasteiger partial charge in [0.15, 0.2) is 0 Å². The zero-order chi connectivity index (χ0) is 12.7. The first-order valence-corrected chi connectivity index (χ1v) is 5.16. The van der Waals surface area contributed by atoms with E-state index in [9.17, 15) is 4.79 Å². The quantitative estimate of drug-likeness (QED) is 0.803. The molecule has 0 aromatic heterocycles. The maximum absolute atomic E-state index is 11.2. The number of amides is 1. The largest absolute Gasteiger partial charge is 0.376 e. The molecule has 0 heterocycles. The van der Waals surface area contributed by atoms with Crippen LogP contribution < -0.4 is 10.6 Å². The molecule has 0 saturated carbocycles. The Morgan fingerprint density at radius 1 is 1.29 bits per heavy atom. The Morgan fingerprint density at radius 3 is 2.59 bits per heavy atom. The highest BCUT2D eigenvalue weighted by atomic mass is 16.1. The Morgan fingerprint density at radius 2 is 2.00 bits per heavy atom. The van der Waals surface area contributed by atoms with Crippen LogP contribution in [0, 0.1) is 22.7 Å². The SMILES string of the molecule is CCNC(=O)CNc1ccc(C#N)c(C#N)c1. The van der Waals surface area contributed by atoms with Crippen LogP contribution in [0.3, 0.4) is 0 Å². The van der Waals surface area contributed by atoms with E-state index in [1.165, 1.54) is 0 Å². The third-order valence-electron chi connectivity index (χ3n) is 2.09. The number of nitrogens with one attached hydrogen (secondary N) is 2. The van der Waals surface area contributed by atoms with Gasteiger partial charge in [0.1, 0.15) is 12.1 Å². The summed E-state index contributed by atoms with van der Waals surface area (Å²) in [5.41, 5.74) is 1.27. The number of likely N-dealkylation sites (N-methyl/N-ethyl adjacent to an activating group) is 1. The highest BCUT2D eigenvalue weighted by Crippen LogP contribution is 2.14. The fourth-order valence-corrected chi connectivity index (χ4v) is 1.29. The molecule has 1 aromatic carbocycles. The minimum Gasteiger partial charge on any atom is -0.376 e. The maximum atomic E-state index is 11.2. The Balaban J connectivity index is 2.71. The van der Waals surface area contributed by atoms with Crippen molar-refractivity contribution in [2.45, 2.75) is 6.92 Å². The predicted molar refractivity (Wildman–Crippen MR) is 63.0 cm³/mol. The molecule has 0 atom stereocenters. The van der Waals surface area contributed by atoms with Crippen LogP contribution in [0.5, 0.6) is 0 Å². The Kier molecular flexibility index (Phi) is 4.53. The summed E-state index contributed by atoms with van der Waals surface area (Å²) < 4.78 is 0. The summed E-state index contributed by atoms with van der Waals surface area (Å²) in [7, 11) is 0. The van der Waals surface area contributed by atoms with E-state index in [1.807, 2.05) is 19.1 Å². The molecule has 1 aromatic rings. The maximum Gasteiger partial charge on any atom is 0.239 e. The van der Waals surface area contributed by atoms with Crippen molar-refractivity contribution in [1.29, 1.82) is 10.5 Å². The van der Waals surface area contributed by atoms with Gasteiger partial charge in [-0.3, -0.25) is 4.79 Å². The van der Waals surface area contributed by atoms with E-state index in [0.29, 0.717) is 23.4 Å². The van der Waals surface area contributed by atoms with E-state index in [0.717, 1.165) is 0 Å². The minimum atomic E-state index is -0.115. The van der Waals surface area contributed by atoms with Crippen LogP contribution in [-0.4, -0.2) is 19.0 Å². The zero-order valence-electron chi connectivity index (χ0n) is 9.45. The number of rotatable bonds is 4. The van der Waals surface area contributed by atoms with Crippen LogP contribution in [0.25, 0.3) is 0 Å². The lowest BCUT2D eigenvalue weighted by molar-refractivity contribution is -0.119. The number of nitriles is 2. The predicted octanol–water partition coefficient (Wildman–Crippen LogP) is 0.978. The van der Waals surface area contributed by atoms with Gasteiger partial charge in [-0.05, 0) is 25.1 Å². The topological polar surface area (TPSA) is 88.7 Å². The molecule has 1 amide bonds. The molecule has 0 aliphatic carbocycles. The summed E-state index contributed by atoms with van der Waals surface area (Å²) in [4.78, 5) is 11.2. The third-order valence-corrected chi connectivity index (χ3v) is 2.09. The van der Waals surface area contributed by atoms with E-state index in [-0.39, 0.29) is 12.5 Å². The zero-order valence-corrected chi connectivity index (χ0v) is 9.45. The van der Waals surface area contributed by atoms with Gasteiger partial charge in [-0.15, -0.1) is 0 Å². The van der Waals surface area contributed by atoms with Crippen molar-refractivity contribution >= 4 is 11.6 Å². The van der Waals surface area contributed by atoms with Gasteiger partial charge in [-0.1, -0.05) is 0 Å². The molecule has 86 valence electrons. The van der Waals surface area contributed by atoms with Gasteiger partial charge in [0.05, 0.1) is 17.7 Å². The molecule has 2 N–H and O–H groups in total. The number of hydrogen-bond acceptors (Lipinski definition) is 4. The Hall–Kier alpha value is -2.53. The summed E-state index contributed by atoms with van der Waals surface area (Å²) in [6.45, 7) is 2.56.